The fraction of sp³-hybridized carbons (Fsp3) is 0.500. The van der Waals surface area contributed by atoms with Gasteiger partial charge in [-0.15, -0.1) is 0 Å². The second-order valence-electron chi connectivity index (χ2n) is 11.8. The molecular weight excluding hydrogens is 504 g/mol. The predicted molar refractivity (Wildman–Crippen MR) is 149 cm³/mol. The SMILES string of the molecule is Cn1cc2c3c(c[nH]c3c1=O)CN(C1CCC(OC(=O)NC(C)(C)C)CC1)c1ccc(CS(C)(=O)=O)cc1-2. The van der Waals surface area contributed by atoms with Gasteiger partial charge >= 0.3 is 6.09 Å². The summed E-state index contributed by atoms with van der Waals surface area (Å²) in [4.78, 5) is 30.8. The van der Waals surface area contributed by atoms with Gasteiger partial charge in [-0.25, -0.2) is 13.2 Å². The van der Waals surface area contributed by atoms with Crippen molar-refractivity contribution in [3.05, 3.63) is 52.1 Å². The summed E-state index contributed by atoms with van der Waals surface area (Å²) in [7, 11) is -1.48. The molecule has 0 unspecified atom stereocenters. The number of sulfone groups is 1. The zero-order chi connectivity index (χ0) is 27.4. The highest BCUT2D eigenvalue weighted by molar-refractivity contribution is 7.89. The highest BCUT2D eigenvalue weighted by Crippen LogP contribution is 2.43. The van der Waals surface area contributed by atoms with Crippen LogP contribution < -0.4 is 15.8 Å². The smallest absolute Gasteiger partial charge is 0.407 e. The first-order valence-corrected chi connectivity index (χ1v) is 15.1. The van der Waals surface area contributed by atoms with Crippen molar-refractivity contribution in [3.8, 4) is 11.1 Å². The maximum atomic E-state index is 12.9. The van der Waals surface area contributed by atoms with Crippen molar-refractivity contribution in [1.82, 2.24) is 14.9 Å². The number of fused-ring (bicyclic) bond motifs is 2. The van der Waals surface area contributed by atoms with Crippen molar-refractivity contribution in [2.45, 2.75) is 76.4 Å². The number of carbonyl (C=O) groups excluding carboxylic acids is 1. The first kappa shape index (κ1) is 26.3. The molecule has 1 fully saturated rings. The summed E-state index contributed by atoms with van der Waals surface area (Å²) in [6.45, 7) is 6.40. The van der Waals surface area contributed by atoms with Crippen molar-refractivity contribution >= 4 is 32.5 Å². The maximum absolute atomic E-state index is 12.9. The summed E-state index contributed by atoms with van der Waals surface area (Å²) >= 11 is 0. The lowest BCUT2D eigenvalue weighted by molar-refractivity contribution is 0.0662. The minimum atomic E-state index is -3.21. The third kappa shape index (κ3) is 5.32. The number of anilines is 1. The van der Waals surface area contributed by atoms with E-state index in [0.29, 0.717) is 17.6 Å². The molecule has 0 spiro atoms. The minimum absolute atomic E-state index is 0.0474. The fourth-order valence-electron chi connectivity index (χ4n) is 5.76. The molecule has 1 aliphatic carbocycles. The number of benzene rings is 1. The number of H-pyrrole nitrogens is 1. The lowest BCUT2D eigenvalue weighted by Crippen LogP contribution is -2.44. The molecule has 3 aromatic rings. The number of ether oxygens (including phenoxy) is 1. The molecule has 1 aliphatic heterocycles. The first-order valence-electron chi connectivity index (χ1n) is 13.0. The average molecular weight is 541 g/mol. The minimum Gasteiger partial charge on any atom is -0.446 e. The van der Waals surface area contributed by atoms with Gasteiger partial charge in [-0.2, -0.15) is 0 Å². The van der Waals surface area contributed by atoms with Crippen LogP contribution in [0.5, 0.6) is 0 Å². The van der Waals surface area contributed by atoms with E-state index in [4.69, 9.17) is 4.74 Å². The fourth-order valence-corrected chi connectivity index (χ4v) is 6.55. The number of amides is 1. The van der Waals surface area contributed by atoms with Crippen LogP contribution in [0.1, 0.15) is 57.6 Å². The number of rotatable bonds is 4. The maximum Gasteiger partial charge on any atom is 0.407 e. The Kier molecular flexibility index (Phi) is 6.57. The summed E-state index contributed by atoms with van der Waals surface area (Å²) in [6, 6.07) is 6.07. The Balaban J connectivity index is 1.49. The van der Waals surface area contributed by atoms with E-state index in [2.05, 4.69) is 15.2 Å². The molecule has 38 heavy (non-hydrogen) atoms. The van der Waals surface area contributed by atoms with Gasteiger partial charge in [-0.3, -0.25) is 4.79 Å². The van der Waals surface area contributed by atoms with Gasteiger partial charge in [-0.05, 0) is 69.7 Å². The van der Waals surface area contributed by atoms with E-state index in [1.807, 2.05) is 51.4 Å². The van der Waals surface area contributed by atoms with E-state index in [-0.39, 0.29) is 35.1 Å². The van der Waals surface area contributed by atoms with Crippen molar-refractivity contribution in [3.63, 3.8) is 0 Å². The van der Waals surface area contributed by atoms with Crippen LogP contribution in [0, 0.1) is 0 Å². The van der Waals surface area contributed by atoms with Crippen molar-refractivity contribution < 1.29 is 17.9 Å². The van der Waals surface area contributed by atoms with Gasteiger partial charge in [0.25, 0.3) is 5.56 Å². The summed E-state index contributed by atoms with van der Waals surface area (Å²) in [6.07, 6.45) is 7.71. The monoisotopic (exact) mass is 540 g/mol. The molecule has 0 bridgehead atoms. The van der Waals surface area contributed by atoms with E-state index in [1.54, 1.807) is 11.6 Å². The Labute approximate surface area is 223 Å². The lowest BCUT2D eigenvalue weighted by atomic mass is 9.90. The highest BCUT2D eigenvalue weighted by Gasteiger charge is 2.33. The number of aryl methyl sites for hydroxylation is 1. The molecule has 5 rings (SSSR count). The largest absolute Gasteiger partial charge is 0.446 e. The first-order chi connectivity index (χ1) is 17.8. The zero-order valence-electron chi connectivity index (χ0n) is 22.6. The topological polar surface area (TPSA) is 114 Å². The number of aromatic amines is 1. The van der Waals surface area contributed by atoms with Crippen molar-refractivity contribution in [2.24, 2.45) is 7.05 Å². The van der Waals surface area contributed by atoms with Crippen LogP contribution in [0.15, 0.2) is 35.4 Å². The number of aromatic nitrogens is 2. The van der Waals surface area contributed by atoms with Crippen LogP contribution in [-0.4, -0.2) is 48.0 Å². The van der Waals surface area contributed by atoms with Crippen molar-refractivity contribution in [2.75, 3.05) is 11.2 Å². The highest BCUT2D eigenvalue weighted by atomic mass is 32.2. The van der Waals surface area contributed by atoms with Gasteiger partial charge in [0, 0.05) is 66.0 Å². The van der Waals surface area contributed by atoms with E-state index < -0.39 is 9.84 Å². The molecule has 0 radical (unpaired) electrons. The summed E-state index contributed by atoms with van der Waals surface area (Å²) in [5.41, 5.74) is 4.73. The number of carbonyl (C=O) groups is 1. The number of pyridine rings is 1. The number of nitrogens with one attached hydrogen (secondary N) is 2. The molecule has 9 nitrogen and oxygen atoms in total. The Morgan fingerprint density at radius 2 is 1.87 bits per heavy atom. The molecule has 1 saturated carbocycles. The molecule has 0 saturated heterocycles. The third-order valence-corrected chi connectivity index (χ3v) is 8.21. The molecule has 2 aromatic heterocycles. The van der Waals surface area contributed by atoms with Gasteiger partial charge in [0.2, 0.25) is 0 Å². The number of hydrogen-bond donors (Lipinski definition) is 2. The number of nitrogens with zero attached hydrogens (tertiary/aromatic N) is 2. The van der Waals surface area contributed by atoms with Crippen LogP contribution >= 0.6 is 0 Å². The third-order valence-electron chi connectivity index (χ3n) is 7.35. The number of alkyl carbamates (subject to hydrolysis) is 1. The predicted octanol–water partition coefficient (Wildman–Crippen LogP) is 4.23. The Hall–Kier alpha value is -3.27. The Bertz CT molecular complexity index is 1560. The molecule has 0 atom stereocenters. The zero-order valence-corrected chi connectivity index (χ0v) is 23.4. The van der Waals surface area contributed by atoms with Gasteiger partial charge in [0.15, 0.2) is 9.84 Å². The van der Waals surface area contributed by atoms with E-state index in [1.165, 1.54) is 6.26 Å². The van der Waals surface area contributed by atoms with Crippen LogP contribution in [0.25, 0.3) is 22.0 Å². The van der Waals surface area contributed by atoms with Gasteiger partial charge in [0.1, 0.15) is 11.6 Å². The van der Waals surface area contributed by atoms with Gasteiger partial charge < -0.3 is 24.5 Å². The van der Waals surface area contributed by atoms with Crippen LogP contribution in [0.4, 0.5) is 10.5 Å². The quantitative estimate of drug-likeness (QED) is 0.512. The molecule has 1 aromatic carbocycles. The van der Waals surface area contributed by atoms with E-state index >= 15 is 0 Å². The summed E-state index contributed by atoms with van der Waals surface area (Å²) in [5.74, 6) is -0.0474. The average Bonchev–Trinajstić information content (AvgIpc) is 3.17. The van der Waals surface area contributed by atoms with Crippen LogP contribution in [-0.2, 0) is 33.9 Å². The molecular formula is C28H36N4O5S. The standard InChI is InChI=1S/C28H36N4O5S/c1-28(2,3)30-27(34)37-20-9-7-19(8-10-20)32-14-18-13-29-25-24(18)22(15-31(4)26(25)33)21-12-17(6-11-23(21)32)16-38(5,35)36/h6,11-13,15,19-20,29H,7-10,14,16H2,1-5H3,(H,30,34). The Morgan fingerprint density at radius 1 is 1.16 bits per heavy atom. The van der Waals surface area contributed by atoms with Crippen LogP contribution in [0.2, 0.25) is 0 Å². The molecule has 10 heteroatoms. The van der Waals surface area contributed by atoms with Gasteiger partial charge in [-0.1, -0.05) is 6.07 Å². The second kappa shape index (κ2) is 9.48. The molecule has 2 N–H and O–H groups in total. The van der Waals surface area contributed by atoms with Crippen LogP contribution in [0.3, 0.4) is 0 Å². The number of hydrogen-bond acceptors (Lipinski definition) is 6. The lowest BCUT2D eigenvalue weighted by Gasteiger charge is -2.38. The molecule has 204 valence electrons. The van der Waals surface area contributed by atoms with Gasteiger partial charge in [0.05, 0.1) is 5.75 Å². The van der Waals surface area contributed by atoms with E-state index in [9.17, 15) is 18.0 Å². The summed E-state index contributed by atoms with van der Waals surface area (Å²) in [5, 5.41) is 3.76. The molecule has 3 heterocycles. The summed E-state index contributed by atoms with van der Waals surface area (Å²) < 4.78 is 31.4. The van der Waals surface area contributed by atoms with E-state index in [0.717, 1.165) is 53.4 Å². The molecule has 1 amide bonds. The Morgan fingerprint density at radius 3 is 2.53 bits per heavy atom. The normalized spacial score (nSPS) is 19.7. The second-order valence-corrected chi connectivity index (χ2v) is 13.9. The van der Waals surface area contributed by atoms with Crippen molar-refractivity contribution in [1.29, 1.82) is 0 Å². The molecule has 2 aliphatic rings.